The maximum absolute atomic E-state index is 8.54. The largest absolute Gasteiger partial charge is 0.411 e. The molecule has 3 heteroatoms. The molecule has 0 aromatic carbocycles. The van der Waals surface area contributed by atoms with Gasteiger partial charge in [-0.15, -0.1) is 0 Å². The van der Waals surface area contributed by atoms with E-state index in [4.69, 9.17) is 5.21 Å². The zero-order valence-corrected chi connectivity index (χ0v) is 6.46. The van der Waals surface area contributed by atoms with E-state index in [0.29, 0.717) is 12.0 Å². The van der Waals surface area contributed by atoms with Crippen molar-refractivity contribution in [2.45, 2.75) is 26.3 Å². The van der Waals surface area contributed by atoms with Crippen LogP contribution in [0, 0.1) is 5.92 Å². The molecule has 3 nitrogen and oxygen atoms in total. The van der Waals surface area contributed by atoms with Crippen LogP contribution >= 0.6 is 0 Å². The van der Waals surface area contributed by atoms with E-state index in [1.807, 2.05) is 0 Å². The Morgan fingerprint density at radius 3 is 2.80 bits per heavy atom. The molecule has 0 saturated carbocycles. The van der Waals surface area contributed by atoms with Crippen molar-refractivity contribution >= 4 is 5.71 Å². The minimum absolute atomic E-state index is 0.390. The maximum atomic E-state index is 8.54. The number of piperidine rings is 1. The quantitative estimate of drug-likeness (QED) is 0.389. The molecule has 1 saturated heterocycles. The SMILES string of the molecule is C[C@@H]1CN[C@@H](C)CC1=NO. The van der Waals surface area contributed by atoms with Gasteiger partial charge in [0.25, 0.3) is 0 Å². The van der Waals surface area contributed by atoms with Gasteiger partial charge in [0, 0.05) is 24.9 Å². The normalized spacial score (nSPS) is 38.4. The van der Waals surface area contributed by atoms with Crippen molar-refractivity contribution in [3.8, 4) is 0 Å². The van der Waals surface area contributed by atoms with Gasteiger partial charge >= 0.3 is 0 Å². The third-order valence-electron chi connectivity index (χ3n) is 1.99. The van der Waals surface area contributed by atoms with Gasteiger partial charge in [-0.25, -0.2) is 0 Å². The molecule has 2 N–H and O–H groups in total. The second kappa shape index (κ2) is 3.01. The predicted octanol–water partition coefficient (Wildman–Crippen LogP) is 0.834. The third-order valence-corrected chi connectivity index (χ3v) is 1.99. The molecule has 2 atom stereocenters. The molecule has 0 amide bonds. The van der Waals surface area contributed by atoms with Crippen molar-refractivity contribution in [1.82, 2.24) is 5.32 Å². The first-order chi connectivity index (χ1) is 4.74. The molecular weight excluding hydrogens is 128 g/mol. The molecular formula is C7H14N2O. The summed E-state index contributed by atoms with van der Waals surface area (Å²) in [5.41, 5.74) is 0.922. The smallest absolute Gasteiger partial charge is 0.0626 e. The summed E-state index contributed by atoms with van der Waals surface area (Å²) >= 11 is 0. The van der Waals surface area contributed by atoms with Crippen molar-refractivity contribution in [2.75, 3.05) is 6.54 Å². The third kappa shape index (κ3) is 1.48. The number of nitrogens with zero attached hydrogens (tertiary/aromatic N) is 1. The molecule has 1 heterocycles. The average Bonchev–Trinajstić information content (AvgIpc) is 1.94. The van der Waals surface area contributed by atoms with E-state index in [1.54, 1.807) is 0 Å². The molecule has 0 aromatic rings. The lowest BCUT2D eigenvalue weighted by Gasteiger charge is -2.25. The van der Waals surface area contributed by atoms with Gasteiger partial charge < -0.3 is 10.5 Å². The minimum atomic E-state index is 0.390. The highest BCUT2D eigenvalue weighted by atomic mass is 16.4. The highest BCUT2D eigenvalue weighted by Crippen LogP contribution is 2.10. The Morgan fingerprint density at radius 1 is 1.60 bits per heavy atom. The molecule has 0 aliphatic carbocycles. The summed E-state index contributed by atoms with van der Waals surface area (Å²) in [6, 6.07) is 0.460. The van der Waals surface area contributed by atoms with E-state index in [9.17, 15) is 0 Å². The summed E-state index contributed by atoms with van der Waals surface area (Å²) in [4.78, 5) is 0. The van der Waals surface area contributed by atoms with E-state index in [-0.39, 0.29) is 0 Å². The van der Waals surface area contributed by atoms with Crippen molar-refractivity contribution in [1.29, 1.82) is 0 Å². The standard InChI is InChI=1S/C7H14N2O/c1-5-4-8-6(2)3-7(5)9-10/h5-6,8,10H,3-4H2,1-2H3/t5-,6+/m1/s1. The van der Waals surface area contributed by atoms with E-state index >= 15 is 0 Å². The first-order valence-corrected chi connectivity index (χ1v) is 3.68. The zero-order chi connectivity index (χ0) is 7.56. The molecule has 0 unspecified atom stereocenters. The molecule has 0 aromatic heterocycles. The van der Waals surface area contributed by atoms with Crippen LogP contribution in [0.5, 0.6) is 0 Å². The molecule has 10 heavy (non-hydrogen) atoms. The lowest BCUT2D eigenvalue weighted by atomic mass is 9.95. The second-order valence-electron chi connectivity index (χ2n) is 3.01. The number of nitrogens with one attached hydrogen (secondary N) is 1. The highest BCUT2D eigenvalue weighted by molar-refractivity contribution is 5.87. The summed E-state index contributed by atoms with van der Waals surface area (Å²) in [5.74, 6) is 0.390. The van der Waals surface area contributed by atoms with Gasteiger partial charge in [-0.2, -0.15) is 0 Å². The van der Waals surface area contributed by atoms with Crippen LogP contribution in [0.3, 0.4) is 0 Å². The van der Waals surface area contributed by atoms with Crippen LogP contribution in [-0.2, 0) is 0 Å². The fourth-order valence-electron chi connectivity index (χ4n) is 1.22. The summed E-state index contributed by atoms with van der Waals surface area (Å²) in [7, 11) is 0. The number of rotatable bonds is 0. The van der Waals surface area contributed by atoms with Gasteiger partial charge in [-0.05, 0) is 6.92 Å². The van der Waals surface area contributed by atoms with Crippen molar-refractivity contribution in [2.24, 2.45) is 11.1 Å². The molecule has 0 bridgehead atoms. The molecule has 58 valence electrons. The maximum Gasteiger partial charge on any atom is 0.0626 e. The minimum Gasteiger partial charge on any atom is -0.411 e. The van der Waals surface area contributed by atoms with Crippen LogP contribution in [0.15, 0.2) is 5.16 Å². The van der Waals surface area contributed by atoms with Crippen LogP contribution in [-0.4, -0.2) is 23.5 Å². The molecule has 0 radical (unpaired) electrons. The van der Waals surface area contributed by atoms with Gasteiger partial charge in [0.15, 0.2) is 0 Å². The monoisotopic (exact) mass is 142 g/mol. The Morgan fingerprint density at radius 2 is 2.30 bits per heavy atom. The van der Waals surface area contributed by atoms with Crippen LogP contribution in [0.1, 0.15) is 20.3 Å². The number of hydrogen-bond acceptors (Lipinski definition) is 3. The average molecular weight is 142 g/mol. The Kier molecular flexibility index (Phi) is 2.27. The Bertz CT molecular complexity index is 145. The van der Waals surface area contributed by atoms with Gasteiger partial charge in [-0.3, -0.25) is 0 Å². The van der Waals surface area contributed by atoms with E-state index in [1.165, 1.54) is 0 Å². The zero-order valence-electron chi connectivity index (χ0n) is 6.46. The van der Waals surface area contributed by atoms with Crippen LogP contribution in [0.25, 0.3) is 0 Å². The highest BCUT2D eigenvalue weighted by Gasteiger charge is 2.20. The van der Waals surface area contributed by atoms with Gasteiger partial charge in [0.2, 0.25) is 0 Å². The number of oxime groups is 1. The Balaban J connectivity index is 2.54. The fourth-order valence-corrected chi connectivity index (χ4v) is 1.22. The first-order valence-electron chi connectivity index (χ1n) is 3.68. The molecule has 1 rings (SSSR count). The van der Waals surface area contributed by atoms with E-state index < -0.39 is 0 Å². The fraction of sp³-hybridized carbons (Fsp3) is 0.857. The molecule has 1 fully saturated rings. The topological polar surface area (TPSA) is 44.6 Å². The summed E-state index contributed by atoms with van der Waals surface area (Å²) in [6.07, 6.45) is 0.873. The van der Waals surface area contributed by atoms with Crippen LogP contribution < -0.4 is 5.32 Å². The first kappa shape index (κ1) is 7.54. The van der Waals surface area contributed by atoms with Crippen molar-refractivity contribution in [3.63, 3.8) is 0 Å². The van der Waals surface area contributed by atoms with Gasteiger partial charge in [0.05, 0.1) is 5.71 Å². The number of hydrogen-bond donors (Lipinski definition) is 2. The van der Waals surface area contributed by atoms with Gasteiger partial charge in [0.1, 0.15) is 0 Å². The van der Waals surface area contributed by atoms with Gasteiger partial charge in [-0.1, -0.05) is 12.1 Å². The summed E-state index contributed by atoms with van der Waals surface area (Å²) in [6.45, 7) is 5.09. The van der Waals surface area contributed by atoms with Crippen molar-refractivity contribution in [3.05, 3.63) is 0 Å². The van der Waals surface area contributed by atoms with Crippen LogP contribution in [0.4, 0.5) is 0 Å². The molecule has 1 aliphatic heterocycles. The predicted molar refractivity (Wildman–Crippen MR) is 40.5 cm³/mol. The van der Waals surface area contributed by atoms with Crippen molar-refractivity contribution < 1.29 is 5.21 Å². The lowest BCUT2D eigenvalue weighted by molar-refractivity contribution is 0.308. The Labute approximate surface area is 61.1 Å². The molecule has 1 aliphatic rings. The van der Waals surface area contributed by atoms with E-state index in [2.05, 4.69) is 24.3 Å². The second-order valence-corrected chi connectivity index (χ2v) is 3.01. The summed E-state index contributed by atoms with van der Waals surface area (Å²) < 4.78 is 0. The summed E-state index contributed by atoms with van der Waals surface area (Å²) in [5, 5.41) is 15.1. The van der Waals surface area contributed by atoms with Crippen LogP contribution in [0.2, 0.25) is 0 Å². The van der Waals surface area contributed by atoms with E-state index in [0.717, 1.165) is 18.7 Å². The molecule has 0 spiro atoms. The lowest BCUT2D eigenvalue weighted by Crippen LogP contribution is -2.41. The Hall–Kier alpha value is -0.570.